The van der Waals surface area contributed by atoms with Crippen molar-refractivity contribution in [2.45, 2.75) is 334 Å². The lowest BCUT2D eigenvalue weighted by atomic mass is 10.0. The number of phosphoric ester groups is 1. The summed E-state index contributed by atoms with van der Waals surface area (Å²) in [7, 11) is -4.60. The van der Waals surface area contributed by atoms with Gasteiger partial charge in [-0.15, -0.1) is 0 Å². The molecule has 2 fully saturated rings. The Labute approximate surface area is 746 Å². The summed E-state index contributed by atoms with van der Waals surface area (Å²) in [4.78, 5) is 170. The molecular formula is C88H155N12O25P. The number of nitro groups is 1. The van der Waals surface area contributed by atoms with Crippen molar-refractivity contribution in [1.29, 1.82) is 0 Å². The number of nitrogens with zero attached hydrogens (tertiary/aromatic N) is 4. The van der Waals surface area contributed by atoms with Crippen LogP contribution in [0.3, 0.4) is 0 Å². The number of esters is 3. The van der Waals surface area contributed by atoms with Gasteiger partial charge >= 0.3 is 31.7 Å². The number of amides is 7. The molecule has 2 heterocycles. The number of guanidine groups is 1. The van der Waals surface area contributed by atoms with E-state index in [0.29, 0.717) is 71.1 Å². The molecule has 0 saturated carbocycles. The summed E-state index contributed by atoms with van der Waals surface area (Å²) in [5.74, 6) is -6.96. The van der Waals surface area contributed by atoms with E-state index in [1.54, 1.807) is 43.5 Å². The van der Waals surface area contributed by atoms with Crippen LogP contribution < -0.4 is 43.5 Å². The molecule has 7 unspecified atom stereocenters. The van der Waals surface area contributed by atoms with E-state index in [1.165, 1.54) is 125 Å². The Morgan fingerprint density at radius 1 is 0.556 bits per heavy atom. The highest BCUT2D eigenvalue weighted by Gasteiger charge is 2.45. The highest BCUT2D eigenvalue weighted by molar-refractivity contribution is 7.47. The van der Waals surface area contributed by atoms with E-state index in [-0.39, 0.29) is 143 Å². The maximum atomic E-state index is 14.4. The zero-order chi connectivity index (χ0) is 92.6. The predicted octanol–water partition coefficient (Wildman–Crippen LogP) is 9.94. The standard InChI is InChI=1S/C47H77N11O14.C41H78NO11P/c1-4-5-7-15-35(52-43(62)41(33(2)3)54-40(60)32-71-29-27-69-25-21-50-39(59)31-70-28-26-68-24-19-48)44(63)57-23-12-18-38(57)45(64)56-22-11-17-37(56)42(61)53-36(16-10-20-51-47(49)55-58(66)67)46(65)72-30-34-13-8-6-9-14-34;1-3-5-7-9-11-13-15-17-19-21-23-25-27-29-40(46)50-35-37(36-52-54(48,49)51-34-33-42-38(43)31-32-39(44)45)53-41(47)30-28-26-24-22-20-18-16-14-12-10-8-6-4-2/h6,8-9,13-14,33,35-38,41H,4-5,7,10-12,15-32,48H2,1-3H3,(H,50,59)(H,52,62)(H,53,61)(H,54,60)(H3,49,51,55);37H,3-36H2,1-2H3,(H,42,43)(H,44,45)(H,48,49). The van der Waals surface area contributed by atoms with Crippen LogP contribution in [0.4, 0.5) is 0 Å². The van der Waals surface area contributed by atoms with Crippen molar-refractivity contribution in [3.8, 4) is 0 Å². The van der Waals surface area contributed by atoms with Gasteiger partial charge in [0.25, 0.3) is 5.96 Å². The van der Waals surface area contributed by atoms with E-state index in [9.17, 15) is 72.3 Å². The number of hydrazine groups is 1. The number of aliphatic carboxylic acids is 1. The molecule has 2 aliphatic heterocycles. The molecule has 1 aromatic carbocycles. The molecule has 0 spiro atoms. The van der Waals surface area contributed by atoms with Crippen molar-refractivity contribution in [3.63, 3.8) is 0 Å². The first-order chi connectivity index (χ1) is 60.7. The molecule has 7 amide bonds. The highest BCUT2D eigenvalue weighted by Crippen LogP contribution is 2.43. The van der Waals surface area contributed by atoms with Gasteiger partial charge in [0.05, 0.1) is 59.3 Å². The SMILES string of the molecule is CCCCCC(NC(=O)C(NC(=O)COCCOCCNC(=O)COCCOCCN)C(C)C)C(=O)N1CCCC1C(=O)N1CCCC1C(=O)NC(CCCN=C(N)N[N+](=O)[O-])C(=O)OCc1ccccc1.CCCCCCCCCCCCCCCC(=O)OCC(COP(=O)(O)OCCNC(=O)CCC(=O)O)OC(=O)CCCCCCCCCCCCCCC. The maximum Gasteiger partial charge on any atom is 0.472 e. The van der Waals surface area contributed by atoms with Gasteiger partial charge in [0, 0.05) is 58.5 Å². The highest BCUT2D eigenvalue weighted by atomic mass is 31.2. The third-order valence-electron chi connectivity index (χ3n) is 21.0. The third kappa shape index (κ3) is 58.4. The lowest BCUT2D eigenvalue weighted by molar-refractivity contribution is -0.525. The zero-order valence-electron chi connectivity index (χ0n) is 76.1. The summed E-state index contributed by atoms with van der Waals surface area (Å²) in [6.45, 7) is 10.7. The maximum absolute atomic E-state index is 14.4. The number of carbonyl (C=O) groups excluding carboxylic acids is 10. The predicted molar refractivity (Wildman–Crippen MR) is 475 cm³/mol. The number of hydrogen-bond acceptors (Lipinski definition) is 25. The average Bonchev–Trinajstić information content (AvgIpc) is 1.64. The van der Waals surface area contributed by atoms with Crippen LogP contribution >= 0.6 is 7.82 Å². The molecule has 0 aromatic heterocycles. The first-order valence-corrected chi connectivity index (χ1v) is 47.9. The van der Waals surface area contributed by atoms with Gasteiger partial charge in [-0.25, -0.2) is 24.5 Å². The smallest absolute Gasteiger partial charge is 0.472 e. The lowest BCUT2D eigenvalue weighted by Gasteiger charge is -2.34. The van der Waals surface area contributed by atoms with Crippen LogP contribution in [0.5, 0.6) is 0 Å². The van der Waals surface area contributed by atoms with E-state index in [1.807, 2.05) is 13.0 Å². The second kappa shape index (κ2) is 73.8. The quantitative estimate of drug-likeness (QED) is 0.00423. The number of carbonyl (C=O) groups is 11. The first-order valence-electron chi connectivity index (χ1n) is 46.4. The molecule has 1 aromatic rings. The Hall–Kier alpha value is -8.03. The second-order valence-electron chi connectivity index (χ2n) is 32.2. The van der Waals surface area contributed by atoms with Gasteiger partial charge in [-0.2, -0.15) is 0 Å². The van der Waals surface area contributed by atoms with E-state index in [0.717, 1.165) is 56.9 Å². The molecule has 3 rings (SSSR count). The van der Waals surface area contributed by atoms with Crippen molar-refractivity contribution in [2.24, 2.45) is 22.4 Å². The van der Waals surface area contributed by atoms with Crippen LogP contribution in [0, 0.1) is 16.0 Å². The number of unbranched alkanes of at least 4 members (excludes halogenated alkanes) is 26. The number of carboxylic acids is 1. The lowest BCUT2D eigenvalue weighted by Crippen LogP contribution is -2.59. The monoisotopic (exact) mass is 1810 g/mol. The van der Waals surface area contributed by atoms with Gasteiger partial charge in [0.2, 0.25) is 41.4 Å². The summed E-state index contributed by atoms with van der Waals surface area (Å²) < 4.78 is 60.1. The Morgan fingerprint density at radius 2 is 1.06 bits per heavy atom. The first kappa shape index (κ1) is 114. The number of phosphoric acid groups is 1. The van der Waals surface area contributed by atoms with E-state index >= 15 is 0 Å². The normalized spacial score (nSPS) is 15.2. The fourth-order valence-electron chi connectivity index (χ4n) is 14.1. The minimum absolute atomic E-state index is 0.00117. The molecular weight excluding hydrogens is 1660 g/mol. The zero-order valence-corrected chi connectivity index (χ0v) is 77.0. The summed E-state index contributed by atoms with van der Waals surface area (Å²) in [6, 6.07) is 3.94. The number of nitrogens with one attached hydrogen (secondary N) is 6. The summed E-state index contributed by atoms with van der Waals surface area (Å²) in [5.41, 5.74) is 13.3. The Morgan fingerprint density at radius 3 is 1.63 bits per heavy atom. The molecule has 0 bridgehead atoms. The molecule has 2 aliphatic rings. The summed E-state index contributed by atoms with van der Waals surface area (Å²) >= 11 is 0. The molecule has 2 saturated heterocycles. The minimum atomic E-state index is -4.60. The van der Waals surface area contributed by atoms with E-state index in [4.69, 9.17) is 58.8 Å². The molecule has 7 atom stereocenters. The summed E-state index contributed by atoms with van der Waals surface area (Å²) in [5, 5.41) is 31.9. The van der Waals surface area contributed by atoms with Gasteiger partial charge in [0.15, 0.2) is 11.1 Å². The summed E-state index contributed by atoms with van der Waals surface area (Å²) in [6.07, 6.45) is 34.1. The van der Waals surface area contributed by atoms with E-state index < -0.39 is 121 Å². The fourth-order valence-corrected chi connectivity index (χ4v) is 14.8. The Bertz CT molecular complexity index is 3280. The number of hydrogen-bond donors (Lipinski definition) is 10. The van der Waals surface area contributed by atoms with Crippen molar-refractivity contribution >= 4 is 79.0 Å². The fraction of sp³-hybridized carbons (Fsp3) is 0.795. The molecule has 0 radical (unpaired) electrons. The Balaban J connectivity index is 0.000000892. The number of benzene rings is 1. The Kier molecular flexibility index (Phi) is 66.8. The van der Waals surface area contributed by atoms with Crippen LogP contribution in [-0.4, -0.2) is 244 Å². The molecule has 126 heavy (non-hydrogen) atoms. The number of likely N-dealkylation sites (tertiary alicyclic amines) is 2. The minimum Gasteiger partial charge on any atom is -0.481 e. The molecule has 12 N–H and O–H groups in total. The molecule has 38 heteroatoms. The molecule has 722 valence electrons. The van der Waals surface area contributed by atoms with Crippen LogP contribution in [0.25, 0.3) is 0 Å². The number of nitrogens with two attached hydrogens (primary N) is 2. The topological polar surface area (TPSA) is 515 Å². The average molecular weight is 1810 g/mol. The largest absolute Gasteiger partial charge is 0.481 e. The number of rotatable bonds is 76. The van der Waals surface area contributed by atoms with Crippen molar-refractivity contribution in [3.05, 3.63) is 46.0 Å². The molecule has 0 aliphatic carbocycles. The van der Waals surface area contributed by atoms with Crippen molar-refractivity contribution < 1.29 is 115 Å². The molecule has 37 nitrogen and oxygen atoms in total. The van der Waals surface area contributed by atoms with Crippen molar-refractivity contribution in [1.82, 2.24) is 41.8 Å². The van der Waals surface area contributed by atoms with Crippen LogP contribution in [0.15, 0.2) is 35.3 Å². The van der Waals surface area contributed by atoms with E-state index in [2.05, 4.69) is 45.4 Å². The number of ether oxygens (including phenoxy) is 7. The van der Waals surface area contributed by atoms with Crippen LogP contribution in [-0.2, 0) is 106 Å². The van der Waals surface area contributed by atoms with Gasteiger partial charge in [-0.05, 0) is 69.3 Å². The number of aliphatic imine (C=N–C) groups is 1. The van der Waals surface area contributed by atoms with Crippen LogP contribution in [0.2, 0.25) is 0 Å². The number of carboxylic acid groups (broad SMARTS) is 1. The third-order valence-corrected chi connectivity index (χ3v) is 22.0. The van der Waals surface area contributed by atoms with Gasteiger partial charge < -0.3 is 91.0 Å². The van der Waals surface area contributed by atoms with Crippen molar-refractivity contribution in [2.75, 3.05) is 112 Å². The van der Waals surface area contributed by atoms with Gasteiger partial charge in [-0.1, -0.05) is 244 Å². The second-order valence-corrected chi connectivity index (χ2v) is 33.7. The van der Waals surface area contributed by atoms with Gasteiger partial charge in [-0.3, -0.25) is 57.0 Å². The van der Waals surface area contributed by atoms with Gasteiger partial charge in [0.1, 0.15) is 56.6 Å². The van der Waals surface area contributed by atoms with Crippen LogP contribution in [0.1, 0.15) is 297 Å².